The number of carbonyl (C=O) groups is 4. The molecule has 1 aromatic carbocycles. The lowest BCUT2D eigenvalue weighted by atomic mass is 9.87. The Morgan fingerprint density at radius 2 is 1.32 bits per heavy atom. The minimum Gasteiger partial charge on any atom is -0.480 e. The molecule has 0 fully saturated rings. The van der Waals surface area contributed by atoms with Gasteiger partial charge in [-0.25, -0.2) is 14.4 Å². The van der Waals surface area contributed by atoms with Crippen molar-refractivity contribution in [1.82, 2.24) is 0 Å². The monoisotopic (exact) mass is 569 g/mol. The Kier molecular flexibility index (Phi) is 13.7. The molecule has 0 spiro atoms. The number of nitrogens with two attached hydrogens (primary N) is 1. The Labute approximate surface area is 235 Å². The molecule has 12 heteroatoms. The van der Waals surface area contributed by atoms with Crippen LogP contribution >= 0.6 is 0 Å². The van der Waals surface area contributed by atoms with Crippen molar-refractivity contribution in [1.29, 1.82) is 0 Å². The molecule has 0 amide bonds. The van der Waals surface area contributed by atoms with Crippen molar-refractivity contribution in [2.24, 2.45) is 5.73 Å². The van der Waals surface area contributed by atoms with E-state index in [0.29, 0.717) is 24.8 Å². The number of carboxylic acid groups (broad SMARTS) is 1. The highest BCUT2D eigenvalue weighted by atomic mass is 16.8. The minimum atomic E-state index is -1.42. The number of aliphatic carboxylic acids is 1. The first kappa shape index (κ1) is 34.5. The van der Waals surface area contributed by atoms with Crippen LogP contribution in [0.15, 0.2) is 18.2 Å². The quantitative estimate of drug-likeness (QED) is 0.154. The number of carboxylic acids is 1. The van der Waals surface area contributed by atoms with Gasteiger partial charge in [0.1, 0.15) is 30.0 Å². The Morgan fingerprint density at radius 3 is 1.80 bits per heavy atom. The molecule has 0 radical (unpaired) electrons. The van der Waals surface area contributed by atoms with Crippen molar-refractivity contribution in [2.75, 3.05) is 0 Å². The molecule has 4 unspecified atom stereocenters. The summed E-state index contributed by atoms with van der Waals surface area (Å²) in [5.41, 5.74) is 5.59. The van der Waals surface area contributed by atoms with E-state index in [1.54, 1.807) is 34.6 Å². The molecule has 0 bridgehead atoms. The van der Waals surface area contributed by atoms with Crippen LogP contribution in [0.4, 0.5) is 14.4 Å². The fraction of sp³-hybridized carbons (Fsp3) is 0.643. The highest BCUT2D eigenvalue weighted by Crippen LogP contribution is 2.35. The summed E-state index contributed by atoms with van der Waals surface area (Å²) < 4.78 is 31.5. The highest BCUT2D eigenvalue weighted by Gasteiger charge is 2.31. The van der Waals surface area contributed by atoms with Crippen LogP contribution in [0.5, 0.6) is 11.5 Å². The van der Waals surface area contributed by atoms with Crippen molar-refractivity contribution >= 4 is 24.4 Å². The summed E-state index contributed by atoms with van der Waals surface area (Å²) >= 11 is 0. The SMILES string of the molecule is CCC(C)OC(=O)Oc1ccc(C(CC(C)OC(=O)OC(C)(C)CC)[C@H](N)C(=O)O)cc1OC(=O)OC(C)CC. The fourth-order valence-corrected chi connectivity index (χ4v) is 3.20. The first-order valence-corrected chi connectivity index (χ1v) is 13.4. The zero-order valence-electron chi connectivity index (χ0n) is 24.6. The standard InChI is InChI=1S/C28H43NO11/c1-9-16(4)35-25(32)38-21-13-12-19(15-22(21)39-26(33)36-17(5)10-2)20(23(29)24(30)31)14-18(6)37-27(34)40-28(7,8)11-3/h12-13,15-18,20,23H,9-11,14,29H2,1-8H3,(H,30,31)/t16?,17?,18?,20?,23-/m0/s1. The van der Waals surface area contributed by atoms with Gasteiger partial charge in [-0.05, 0) is 78.0 Å². The second kappa shape index (κ2) is 15.9. The van der Waals surface area contributed by atoms with E-state index >= 15 is 0 Å². The van der Waals surface area contributed by atoms with Crippen molar-refractivity contribution < 1.29 is 52.7 Å². The number of benzene rings is 1. The third kappa shape index (κ3) is 11.7. The largest absolute Gasteiger partial charge is 0.514 e. The van der Waals surface area contributed by atoms with Crippen LogP contribution in [-0.4, -0.2) is 59.5 Å². The molecular formula is C28H43NO11. The van der Waals surface area contributed by atoms with E-state index in [1.165, 1.54) is 18.2 Å². The molecule has 0 heterocycles. The van der Waals surface area contributed by atoms with E-state index in [2.05, 4.69) is 0 Å². The van der Waals surface area contributed by atoms with Crippen LogP contribution in [0.3, 0.4) is 0 Å². The Balaban J connectivity index is 3.33. The highest BCUT2D eigenvalue weighted by molar-refractivity contribution is 5.75. The molecule has 0 aliphatic carbocycles. The van der Waals surface area contributed by atoms with Crippen molar-refractivity contribution in [3.05, 3.63) is 23.8 Å². The molecule has 5 atom stereocenters. The summed E-state index contributed by atoms with van der Waals surface area (Å²) in [6.07, 6.45) is -2.99. The number of ether oxygens (including phenoxy) is 6. The molecule has 40 heavy (non-hydrogen) atoms. The minimum absolute atomic E-state index is 0.0118. The van der Waals surface area contributed by atoms with Gasteiger partial charge in [-0.1, -0.05) is 26.8 Å². The molecule has 3 N–H and O–H groups in total. The van der Waals surface area contributed by atoms with Crippen molar-refractivity contribution in [3.8, 4) is 11.5 Å². The third-order valence-corrected chi connectivity index (χ3v) is 6.34. The molecule has 0 aliphatic rings. The number of hydrogen-bond donors (Lipinski definition) is 2. The molecule has 0 aliphatic heterocycles. The first-order valence-electron chi connectivity index (χ1n) is 13.4. The van der Waals surface area contributed by atoms with Crippen LogP contribution < -0.4 is 15.2 Å². The van der Waals surface area contributed by atoms with Gasteiger partial charge in [0.15, 0.2) is 11.5 Å². The predicted molar refractivity (Wildman–Crippen MR) is 145 cm³/mol. The summed E-state index contributed by atoms with van der Waals surface area (Å²) in [4.78, 5) is 48.8. The third-order valence-electron chi connectivity index (χ3n) is 6.34. The summed E-state index contributed by atoms with van der Waals surface area (Å²) in [5.74, 6) is -2.58. The molecule has 1 rings (SSSR count). The maximum atomic E-state index is 12.4. The molecular weight excluding hydrogens is 526 g/mol. The van der Waals surface area contributed by atoms with Gasteiger partial charge in [-0.2, -0.15) is 0 Å². The lowest BCUT2D eigenvalue weighted by Gasteiger charge is -2.27. The summed E-state index contributed by atoms with van der Waals surface area (Å²) in [7, 11) is 0. The van der Waals surface area contributed by atoms with Gasteiger partial charge in [0, 0.05) is 5.92 Å². The molecule has 0 saturated carbocycles. The molecule has 0 aromatic heterocycles. The van der Waals surface area contributed by atoms with Crippen molar-refractivity contribution in [3.63, 3.8) is 0 Å². The van der Waals surface area contributed by atoms with Gasteiger partial charge < -0.3 is 39.3 Å². The van der Waals surface area contributed by atoms with Crippen molar-refractivity contribution in [2.45, 2.75) is 117 Å². The second-order valence-electron chi connectivity index (χ2n) is 10.2. The predicted octanol–water partition coefficient (Wildman–Crippen LogP) is 5.93. The number of hydrogen-bond acceptors (Lipinski definition) is 11. The fourth-order valence-electron chi connectivity index (χ4n) is 3.20. The average Bonchev–Trinajstić information content (AvgIpc) is 2.87. The van der Waals surface area contributed by atoms with E-state index in [9.17, 15) is 24.3 Å². The second-order valence-corrected chi connectivity index (χ2v) is 10.2. The first-order chi connectivity index (χ1) is 18.6. The van der Waals surface area contributed by atoms with E-state index < -0.39 is 60.3 Å². The number of rotatable bonds is 14. The Morgan fingerprint density at radius 1 is 0.825 bits per heavy atom. The smallest absolute Gasteiger partial charge is 0.480 e. The molecule has 226 valence electrons. The van der Waals surface area contributed by atoms with Gasteiger partial charge in [-0.3, -0.25) is 4.79 Å². The Hall–Kier alpha value is -3.54. The Bertz CT molecular complexity index is 1010. The van der Waals surface area contributed by atoms with Gasteiger partial charge in [0.05, 0.1) is 0 Å². The van der Waals surface area contributed by atoms with Crippen LogP contribution in [0.25, 0.3) is 0 Å². The van der Waals surface area contributed by atoms with Gasteiger partial charge in [0.25, 0.3) is 0 Å². The van der Waals surface area contributed by atoms with Gasteiger partial charge in [0.2, 0.25) is 0 Å². The average molecular weight is 570 g/mol. The zero-order chi connectivity index (χ0) is 30.6. The lowest BCUT2D eigenvalue weighted by Crippen LogP contribution is -2.38. The van der Waals surface area contributed by atoms with Crippen LogP contribution in [0, 0.1) is 0 Å². The van der Waals surface area contributed by atoms with E-state index in [1.807, 2.05) is 20.8 Å². The lowest BCUT2D eigenvalue weighted by molar-refractivity contribution is -0.139. The van der Waals surface area contributed by atoms with Crippen LogP contribution in [0.1, 0.15) is 92.6 Å². The zero-order valence-corrected chi connectivity index (χ0v) is 24.6. The number of carbonyl (C=O) groups excluding carboxylic acids is 3. The molecule has 1 aromatic rings. The molecule has 0 saturated heterocycles. The normalized spacial score (nSPS) is 15.0. The van der Waals surface area contributed by atoms with E-state index in [4.69, 9.17) is 34.2 Å². The van der Waals surface area contributed by atoms with Gasteiger partial charge >= 0.3 is 24.4 Å². The topological polar surface area (TPSA) is 170 Å². The maximum absolute atomic E-state index is 12.4. The van der Waals surface area contributed by atoms with Gasteiger partial charge in [-0.15, -0.1) is 0 Å². The van der Waals surface area contributed by atoms with E-state index in [0.717, 1.165) is 0 Å². The summed E-state index contributed by atoms with van der Waals surface area (Å²) in [5, 5.41) is 9.67. The summed E-state index contributed by atoms with van der Waals surface area (Å²) in [6, 6.07) is 2.69. The maximum Gasteiger partial charge on any atom is 0.514 e. The molecule has 12 nitrogen and oxygen atoms in total. The summed E-state index contributed by atoms with van der Waals surface area (Å²) in [6.45, 7) is 13.9. The van der Waals surface area contributed by atoms with E-state index in [-0.39, 0.29) is 17.9 Å². The van der Waals surface area contributed by atoms with Crippen LogP contribution in [0.2, 0.25) is 0 Å². The van der Waals surface area contributed by atoms with Crippen LogP contribution in [-0.2, 0) is 23.7 Å².